The monoisotopic (exact) mass is 340 g/mol. The van der Waals surface area contributed by atoms with Crippen molar-refractivity contribution in [2.75, 3.05) is 31.5 Å². The summed E-state index contributed by atoms with van der Waals surface area (Å²) < 4.78 is 0. The molecule has 0 saturated carbocycles. The van der Waals surface area contributed by atoms with Crippen LogP contribution >= 0.6 is 0 Å². The molecule has 2 aromatic rings. The van der Waals surface area contributed by atoms with Crippen molar-refractivity contribution in [2.45, 2.75) is 26.2 Å². The number of amides is 2. The van der Waals surface area contributed by atoms with Gasteiger partial charge in [-0.1, -0.05) is 18.6 Å². The summed E-state index contributed by atoms with van der Waals surface area (Å²) in [6.07, 6.45) is 5.40. The summed E-state index contributed by atoms with van der Waals surface area (Å²) in [4.78, 5) is 30.7. The number of likely N-dealkylation sites (tertiary alicyclic amines) is 1. The topological polar surface area (TPSA) is 74.3 Å². The lowest BCUT2D eigenvalue weighted by atomic mass is 10.1. The first-order valence-electron chi connectivity index (χ1n) is 8.81. The number of hydrogen-bond acceptors (Lipinski definition) is 4. The van der Waals surface area contributed by atoms with Crippen LogP contribution in [0.3, 0.4) is 0 Å². The Labute approximate surface area is 147 Å². The van der Waals surface area contributed by atoms with Gasteiger partial charge < -0.3 is 15.5 Å². The molecule has 1 saturated heterocycles. The van der Waals surface area contributed by atoms with Gasteiger partial charge in [0, 0.05) is 31.6 Å². The highest BCUT2D eigenvalue weighted by Gasteiger charge is 2.14. The molecular formula is C19H24N4O2. The molecular weight excluding hydrogens is 316 g/mol. The number of piperidine rings is 1. The third kappa shape index (κ3) is 4.33. The zero-order valence-electron chi connectivity index (χ0n) is 14.5. The van der Waals surface area contributed by atoms with Gasteiger partial charge in [-0.05, 0) is 38.1 Å². The van der Waals surface area contributed by atoms with Crippen molar-refractivity contribution in [1.29, 1.82) is 0 Å². The number of pyridine rings is 1. The SMILES string of the molecule is CC(=O)Nc1cccc2c(C(=O)NCCN3CCCCC3)ccnc12. The van der Waals surface area contributed by atoms with E-state index in [4.69, 9.17) is 0 Å². The number of hydrogen-bond donors (Lipinski definition) is 2. The van der Waals surface area contributed by atoms with E-state index < -0.39 is 0 Å². The minimum atomic E-state index is -0.161. The fourth-order valence-electron chi connectivity index (χ4n) is 3.27. The van der Waals surface area contributed by atoms with Crippen molar-refractivity contribution >= 4 is 28.4 Å². The van der Waals surface area contributed by atoms with Crippen molar-refractivity contribution in [3.05, 3.63) is 36.0 Å². The zero-order chi connectivity index (χ0) is 17.6. The first-order valence-corrected chi connectivity index (χ1v) is 8.81. The van der Waals surface area contributed by atoms with Gasteiger partial charge in [-0.25, -0.2) is 0 Å². The van der Waals surface area contributed by atoms with E-state index in [9.17, 15) is 9.59 Å². The maximum absolute atomic E-state index is 12.6. The number of benzene rings is 1. The van der Waals surface area contributed by atoms with Gasteiger partial charge in [0.1, 0.15) is 0 Å². The third-order valence-corrected chi connectivity index (χ3v) is 4.49. The number of nitrogens with zero attached hydrogens (tertiary/aromatic N) is 2. The van der Waals surface area contributed by atoms with E-state index >= 15 is 0 Å². The number of para-hydroxylation sites is 1. The van der Waals surface area contributed by atoms with E-state index in [0.717, 1.165) is 25.0 Å². The number of anilines is 1. The van der Waals surface area contributed by atoms with Gasteiger partial charge >= 0.3 is 0 Å². The largest absolute Gasteiger partial charge is 0.351 e. The fourth-order valence-corrected chi connectivity index (χ4v) is 3.27. The molecule has 2 N–H and O–H groups in total. The Kier molecular flexibility index (Phi) is 5.60. The molecule has 0 bridgehead atoms. The molecule has 6 nitrogen and oxygen atoms in total. The Bertz CT molecular complexity index is 769. The minimum absolute atomic E-state index is 0.107. The summed E-state index contributed by atoms with van der Waals surface area (Å²) in [5.41, 5.74) is 1.82. The maximum Gasteiger partial charge on any atom is 0.252 e. The van der Waals surface area contributed by atoms with Crippen molar-refractivity contribution in [2.24, 2.45) is 0 Å². The molecule has 2 amide bonds. The molecule has 0 unspecified atom stereocenters. The average Bonchev–Trinajstić information content (AvgIpc) is 2.62. The van der Waals surface area contributed by atoms with Crippen LogP contribution in [0.1, 0.15) is 36.5 Å². The fraction of sp³-hybridized carbons (Fsp3) is 0.421. The number of rotatable bonds is 5. The lowest BCUT2D eigenvalue weighted by Crippen LogP contribution is -2.37. The van der Waals surface area contributed by atoms with E-state index in [0.29, 0.717) is 23.3 Å². The predicted octanol–water partition coefficient (Wildman–Crippen LogP) is 2.41. The number of fused-ring (bicyclic) bond motifs is 1. The van der Waals surface area contributed by atoms with Crippen LogP contribution in [0, 0.1) is 0 Å². The predicted molar refractivity (Wildman–Crippen MR) is 98.7 cm³/mol. The molecule has 3 rings (SSSR count). The molecule has 1 fully saturated rings. The van der Waals surface area contributed by atoms with Gasteiger partial charge in [-0.2, -0.15) is 0 Å². The average molecular weight is 340 g/mol. The zero-order valence-corrected chi connectivity index (χ0v) is 14.5. The highest BCUT2D eigenvalue weighted by atomic mass is 16.2. The summed E-state index contributed by atoms with van der Waals surface area (Å²) in [6, 6.07) is 7.18. The van der Waals surface area contributed by atoms with Crippen molar-refractivity contribution in [3.8, 4) is 0 Å². The molecule has 1 aromatic carbocycles. The molecule has 0 spiro atoms. The van der Waals surface area contributed by atoms with Crippen molar-refractivity contribution < 1.29 is 9.59 Å². The van der Waals surface area contributed by atoms with Crippen molar-refractivity contribution in [1.82, 2.24) is 15.2 Å². The lowest BCUT2D eigenvalue weighted by molar-refractivity contribution is -0.114. The smallest absolute Gasteiger partial charge is 0.252 e. The summed E-state index contributed by atoms with van der Waals surface area (Å²) in [5, 5.41) is 6.50. The van der Waals surface area contributed by atoms with Crippen LogP contribution in [0.25, 0.3) is 10.9 Å². The van der Waals surface area contributed by atoms with E-state index in [1.54, 1.807) is 18.3 Å². The second-order valence-electron chi connectivity index (χ2n) is 6.40. The molecule has 1 aliphatic heterocycles. The Hall–Kier alpha value is -2.47. The highest BCUT2D eigenvalue weighted by Crippen LogP contribution is 2.24. The first-order chi connectivity index (χ1) is 12.1. The molecule has 2 heterocycles. The van der Waals surface area contributed by atoms with Gasteiger partial charge in [0.05, 0.1) is 16.8 Å². The van der Waals surface area contributed by atoms with Crippen LogP contribution in [0.2, 0.25) is 0 Å². The maximum atomic E-state index is 12.6. The number of carbonyl (C=O) groups is 2. The molecule has 132 valence electrons. The second kappa shape index (κ2) is 8.07. The number of nitrogens with one attached hydrogen (secondary N) is 2. The Morgan fingerprint density at radius 1 is 1.16 bits per heavy atom. The quantitative estimate of drug-likeness (QED) is 0.876. The van der Waals surface area contributed by atoms with E-state index in [1.165, 1.54) is 26.2 Å². The van der Waals surface area contributed by atoms with Crippen LogP contribution in [-0.4, -0.2) is 47.9 Å². The number of aromatic nitrogens is 1. The van der Waals surface area contributed by atoms with Gasteiger partial charge in [-0.15, -0.1) is 0 Å². The van der Waals surface area contributed by atoms with Crippen LogP contribution in [0.5, 0.6) is 0 Å². The van der Waals surface area contributed by atoms with Gasteiger partial charge in [-0.3, -0.25) is 14.6 Å². The van der Waals surface area contributed by atoms with E-state index in [2.05, 4.69) is 20.5 Å². The standard InChI is InChI=1S/C19H24N4O2/c1-14(24)22-17-7-5-6-15-16(8-9-20-18(15)17)19(25)21-10-13-23-11-3-2-4-12-23/h5-9H,2-4,10-13H2,1H3,(H,21,25)(H,22,24). The third-order valence-electron chi connectivity index (χ3n) is 4.49. The lowest BCUT2D eigenvalue weighted by Gasteiger charge is -2.26. The van der Waals surface area contributed by atoms with Gasteiger partial charge in [0.2, 0.25) is 5.91 Å². The van der Waals surface area contributed by atoms with Crippen LogP contribution in [-0.2, 0) is 4.79 Å². The first kappa shape index (κ1) is 17.4. The molecule has 0 aliphatic carbocycles. The van der Waals surface area contributed by atoms with Gasteiger partial charge in [0.15, 0.2) is 0 Å². The molecule has 6 heteroatoms. The Balaban J connectivity index is 1.71. The Morgan fingerprint density at radius 2 is 1.96 bits per heavy atom. The summed E-state index contributed by atoms with van der Waals surface area (Å²) >= 11 is 0. The number of carbonyl (C=O) groups excluding carboxylic acids is 2. The Morgan fingerprint density at radius 3 is 2.72 bits per heavy atom. The second-order valence-corrected chi connectivity index (χ2v) is 6.40. The normalized spacial score (nSPS) is 15.1. The summed E-state index contributed by atoms with van der Waals surface area (Å²) in [7, 11) is 0. The molecule has 0 atom stereocenters. The minimum Gasteiger partial charge on any atom is -0.351 e. The molecule has 25 heavy (non-hydrogen) atoms. The van der Waals surface area contributed by atoms with Gasteiger partial charge in [0.25, 0.3) is 5.91 Å². The van der Waals surface area contributed by atoms with Crippen LogP contribution < -0.4 is 10.6 Å². The molecule has 1 aromatic heterocycles. The molecule has 1 aliphatic rings. The van der Waals surface area contributed by atoms with Crippen LogP contribution in [0.4, 0.5) is 5.69 Å². The van der Waals surface area contributed by atoms with E-state index in [1.807, 2.05) is 12.1 Å². The molecule has 0 radical (unpaired) electrons. The van der Waals surface area contributed by atoms with Crippen LogP contribution in [0.15, 0.2) is 30.5 Å². The summed E-state index contributed by atoms with van der Waals surface area (Å²) in [5.74, 6) is -0.268. The van der Waals surface area contributed by atoms with Crippen molar-refractivity contribution in [3.63, 3.8) is 0 Å². The highest BCUT2D eigenvalue weighted by molar-refractivity contribution is 6.10. The summed E-state index contributed by atoms with van der Waals surface area (Å²) in [6.45, 7) is 5.21. The van der Waals surface area contributed by atoms with E-state index in [-0.39, 0.29) is 11.8 Å².